The Balaban J connectivity index is 1.85. The van der Waals surface area contributed by atoms with Crippen LogP contribution in [-0.2, 0) is 15.4 Å². The minimum Gasteiger partial charge on any atom is -0.438 e. The van der Waals surface area contributed by atoms with E-state index in [-0.39, 0.29) is 33.9 Å². The van der Waals surface area contributed by atoms with Gasteiger partial charge in [0.05, 0.1) is 5.69 Å². The van der Waals surface area contributed by atoms with Crippen LogP contribution in [0.2, 0.25) is 5.28 Å². The number of nitrogens with one attached hydrogen (secondary N) is 1. The molecular weight excluding hydrogens is 505 g/mol. The molecular formula is C23H18ClF3N4O3S. The van der Waals surface area contributed by atoms with Crippen LogP contribution in [0.25, 0.3) is 22.7 Å². The zero-order chi connectivity index (χ0) is 25.5. The molecule has 0 radical (unpaired) electrons. The van der Waals surface area contributed by atoms with Gasteiger partial charge in [0, 0.05) is 17.2 Å². The Hall–Kier alpha value is -3.44. The number of hydrogen-bond acceptors (Lipinski definition) is 6. The maximum Gasteiger partial charge on any atom is 0.267 e. The van der Waals surface area contributed by atoms with Crippen molar-refractivity contribution in [1.82, 2.24) is 15.0 Å². The summed E-state index contributed by atoms with van der Waals surface area (Å²) in [5.74, 6) is -3.33. The molecule has 4 rings (SSSR count). The molecule has 1 N–H and O–H groups in total. The molecule has 0 atom stereocenters. The van der Waals surface area contributed by atoms with Gasteiger partial charge in [0.15, 0.2) is 16.5 Å². The van der Waals surface area contributed by atoms with Crippen LogP contribution in [0.4, 0.5) is 18.9 Å². The molecule has 0 aliphatic carbocycles. The number of rotatable bonds is 5. The fraction of sp³-hybridized carbons (Fsp3) is 0.174. The van der Waals surface area contributed by atoms with Crippen molar-refractivity contribution in [3.8, 4) is 22.7 Å². The Morgan fingerprint density at radius 1 is 0.971 bits per heavy atom. The standard InChI is InChI=1S/C23H18ClF3N4O3S/c1-23(2,3)21-30-18(19(34-21)16-10-11-28-22(24)29-16)12-6-4-9-15(17(12)27)31-35(32,33)20-13(25)7-5-8-14(20)26/h4-11,31H,1-3H3. The van der Waals surface area contributed by atoms with Gasteiger partial charge in [-0.15, -0.1) is 0 Å². The molecule has 0 unspecified atom stereocenters. The summed E-state index contributed by atoms with van der Waals surface area (Å²) in [6.45, 7) is 5.51. The summed E-state index contributed by atoms with van der Waals surface area (Å²) < 4.78 is 77.0. The van der Waals surface area contributed by atoms with Gasteiger partial charge in [-0.25, -0.2) is 36.5 Å². The van der Waals surface area contributed by atoms with Crippen molar-refractivity contribution in [2.75, 3.05) is 4.72 Å². The van der Waals surface area contributed by atoms with E-state index in [4.69, 9.17) is 16.0 Å². The first-order valence-corrected chi connectivity index (χ1v) is 12.0. The van der Waals surface area contributed by atoms with E-state index in [9.17, 15) is 17.2 Å². The Morgan fingerprint density at radius 3 is 2.26 bits per heavy atom. The molecule has 12 heteroatoms. The predicted octanol–water partition coefficient (Wildman–Crippen LogP) is 5.97. The second kappa shape index (κ2) is 8.97. The van der Waals surface area contributed by atoms with Crippen molar-refractivity contribution in [2.24, 2.45) is 0 Å². The highest BCUT2D eigenvalue weighted by Gasteiger charge is 2.29. The van der Waals surface area contributed by atoms with Gasteiger partial charge in [-0.05, 0) is 41.9 Å². The maximum atomic E-state index is 15.6. The average molecular weight is 523 g/mol. The molecule has 0 amide bonds. The molecule has 2 aromatic heterocycles. The first-order chi connectivity index (χ1) is 16.4. The lowest BCUT2D eigenvalue weighted by atomic mass is 9.97. The minimum absolute atomic E-state index is 0.0281. The van der Waals surface area contributed by atoms with Gasteiger partial charge in [-0.2, -0.15) is 0 Å². The van der Waals surface area contributed by atoms with Crippen molar-refractivity contribution >= 4 is 27.3 Å². The van der Waals surface area contributed by atoms with E-state index in [1.165, 1.54) is 24.4 Å². The first kappa shape index (κ1) is 24.7. The maximum absolute atomic E-state index is 15.6. The molecule has 0 aliphatic heterocycles. The summed E-state index contributed by atoms with van der Waals surface area (Å²) in [7, 11) is -4.80. The van der Waals surface area contributed by atoms with Crippen LogP contribution in [0.15, 0.2) is 58.0 Å². The topological polar surface area (TPSA) is 98.0 Å². The molecule has 7 nitrogen and oxygen atoms in total. The fourth-order valence-electron chi connectivity index (χ4n) is 3.19. The predicted molar refractivity (Wildman–Crippen MR) is 124 cm³/mol. The molecule has 0 saturated heterocycles. The molecule has 2 heterocycles. The minimum atomic E-state index is -4.80. The zero-order valence-electron chi connectivity index (χ0n) is 18.6. The van der Waals surface area contributed by atoms with E-state index < -0.39 is 43.5 Å². The van der Waals surface area contributed by atoms with Gasteiger partial charge in [0.25, 0.3) is 10.0 Å². The molecule has 35 heavy (non-hydrogen) atoms. The highest BCUT2D eigenvalue weighted by Crippen LogP contribution is 2.38. The highest BCUT2D eigenvalue weighted by molar-refractivity contribution is 7.92. The van der Waals surface area contributed by atoms with Crippen molar-refractivity contribution in [2.45, 2.75) is 31.1 Å². The Labute approximate surface area is 204 Å². The van der Waals surface area contributed by atoms with Crippen molar-refractivity contribution in [3.63, 3.8) is 0 Å². The second-order valence-electron chi connectivity index (χ2n) is 8.48. The third kappa shape index (κ3) is 4.87. The van der Waals surface area contributed by atoms with Crippen LogP contribution in [0.3, 0.4) is 0 Å². The zero-order valence-corrected chi connectivity index (χ0v) is 20.2. The lowest BCUT2D eigenvalue weighted by molar-refractivity contribution is 0.398. The largest absolute Gasteiger partial charge is 0.438 e. The van der Waals surface area contributed by atoms with E-state index in [1.807, 2.05) is 25.5 Å². The van der Waals surface area contributed by atoms with Crippen LogP contribution >= 0.6 is 11.6 Å². The molecule has 0 bridgehead atoms. The number of benzene rings is 2. The van der Waals surface area contributed by atoms with Crippen LogP contribution in [0, 0.1) is 17.5 Å². The molecule has 4 aromatic rings. The molecule has 0 spiro atoms. The summed E-state index contributed by atoms with van der Waals surface area (Å²) in [6, 6.07) is 7.90. The number of nitrogens with zero attached hydrogens (tertiary/aromatic N) is 3. The van der Waals surface area contributed by atoms with E-state index in [0.29, 0.717) is 0 Å². The summed E-state index contributed by atoms with van der Waals surface area (Å²) in [6.07, 6.45) is 1.39. The number of aromatic nitrogens is 3. The van der Waals surface area contributed by atoms with E-state index in [0.717, 1.165) is 24.3 Å². The molecule has 0 aliphatic rings. The van der Waals surface area contributed by atoms with Gasteiger partial charge >= 0.3 is 0 Å². The summed E-state index contributed by atoms with van der Waals surface area (Å²) in [4.78, 5) is 11.1. The number of hydrogen-bond donors (Lipinski definition) is 1. The SMILES string of the molecule is CC(C)(C)c1nc(-c2cccc(NS(=O)(=O)c3c(F)cccc3F)c2F)c(-c2ccnc(Cl)n2)o1. The average Bonchev–Trinajstić information content (AvgIpc) is 3.21. The van der Waals surface area contributed by atoms with Crippen LogP contribution in [0.5, 0.6) is 0 Å². The quantitative estimate of drug-likeness (QED) is 0.324. The normalized spacial score (nSPS) is 12.1. The Morgan fingerprint density at radius 2 is 1.63 bits per heavy atom. The van der Waals surface area contributed by atoms with E-state index >= 15 is 4.39 Å². The van der Waals surface area contributed by atoms with Crippen molar-refractivity contribution in [1.29, 1.82) is 0 Å². The molecule has 0 saturated carbocycles. The first-order valence-electron chi connectivity index (χ1n) is 10.1. The van der Waals surface area contributed by atoms with Gasteiger partial charge in [-0.1, -0.05) is 32.9 Å². The summed E-state index contributed by atoms with van der Waals surface area (Å²) in [5, 5.41) is -0.0731. The fourth-order valence-corrected chi connectivity index (χ4v) is 4.53. The molecule has 2 aromatic carbocycles. The van der Waals surface area contributed by atoms with Crippen LogP contribution < -0.4 is 4.72 Å². The Bertz CT molecular complexity index is 1520. The smallest absolute Gasteiger partial charge is 0.267 e. The summed E-state index contributed by atoms with van der Waals surface area (Å²) >= 11 is 5.91. The van der Waals surface area contributed by atoms with Gasteiger partial charge < -0.3 is 4.42 Å². The number of anilines is 1. The lowest BCUT2D eigenvalue weighted by Gasteiger charge is -2.12. The van der Waals surface area contributed by atoms with Gasteiger partial charge in [-0.3, -0.25) is 4.72 Å². The lowest BCUT2D eigenvalue weighted by Crippen LogP contribution is -2.17. The van der Waals surface area contributed by atoms with Crippen LogP contribution in [0.1, 0.15) is 26.7 Å². The van der Waals surface area contributed by atoms with E-state index in [2.05, 4.69) is 15.0 Å². The number of oxazole rings is 1. The molecule has 182 valence electrons. The van der Waals surface area contributed by atoms with Crippen molar-refractivity contribution in [3.05, 3.63) is 77.3 Å². The monoisotopic (exact) mass is 522 g/mol. The second-order valence-corrected chi connectivity index (χ2v) is 10.4. The third-order valence-corrected chi connectivity index (χ3v) is 6.41. The van der Waals surface area contributed by atoms with Gasteiger partial charge in [0.2, 0.25) is 11.2 Å². The van der Waals surface area contributed by atoms with Crippen molar-refractivity contribution < 1.29 is 26.0 Å². The van der Waals surface area contributed by atoms with E-state index in [1.54, 1.807) is 0 Å². The number of sulfonamides is 1. The number of halogens is 4. The molecule has 0 fully saturated rings. The van der Waals surface area contributed by atoms with Gasteiger partial charge in [0.1, 0.15) is 23.0 Å². The highest BCUT2D eigenvalue weighted by atomic mass is 35.5. The Kier molecular flexibility index (Phi) is 6.32. The van der Waals surface area contributed by atoms with Crippen LogP contribution in [-0.4, -0.2) is 23.4 Å². The summed E-state index contributed by atoms with van der Waals surface area (Å²) in [5.41, 5.74) is -0.996. The third-order valence-electron chi connectivity index (χ3n) is 4.81.